The largest absolute Gasteiger partial charge is 0.497 e. The fourth-order valence-corrected chi connectivity index (χ4v) is 6.28. The van der Waals surface area contributed by atoms with E-state index in [1.165, 1.54) is 11.3 Å². The minimum Gasteiger partial charge on any atom is -0.497 e. The summed E-state index contributed by atoms with van der Waals surface area (Å²) in [6, 6.07) is 24.7. The van der Waals surface area contributed by atoms with Gasteiger partial charge in [-0.15, -0.1) is 0 Å². The first-order chi connectivity index (χ1) is 21.2. The summed E-state index contributed by atoms with van der Waals surface area (Å²) in [5.74, 6) is 0.175. The number of methoxy groups -OCH3 is 1. The molecule has 0 amide bonds. The molecule has 3 aromatic carbocycles. The predicted molar refractivity (Wildman–Crippen MR) is 172 cm³/mol. The molecule has 0 unspecified atom stereocenters. The van der Waals surface area contributed by atoms with Crippen LogP contribution in [0.4, 0.5) is 0 Å². The van der Waals surface area contributed by atoms with Gasteiger partial charge in [0.15, 0.2) is 4.80 Å². The van der Waals surface area contributed by atoms with Gasteiger partial charge >= 0.3 is 5.97 Å². The van der Waals surface area contributed by atoms with Crippen LogP contribution in [0.15, 0.2) is 106 Å². The van der Waals surface area contributed by atoms with Crippen molar-refractivity contribution < 1.29 is 14.3 Å². The lowest BCUT2D eigenvalue weighted by atomic mass is 9.96. The Kier molecular flexibility index (Phi) is 7.88. The van der Waals surface area contributed by atoms with E-state index in [0.29, 0.717) is 26.4 Å². The van der Waals surface area contributed by atoms with Crippen LogP contribution in [-0.2, 0) is 9.53 Å². The van der Waals surface area contributed by atoms with Crippen LogP contribution >= 0.6 is 11.3 Å². The molecule has 0 spiro atoms. The number of aromatic nitrogens is 3. The summed E-state index contributed by atoms with van der Waals surface area (Å²) in [5.41, 5.74) is 5.89. The first kappa shape index (κ1) is 29.1. The first-order valence-corrected chi connectivity index (χ1v) is 15.1. The van der Waals surface area contributed by atoms with Crippen molar-refractivity contribution in [2.24, 2.45) is 4.99 Å². The number of fused-ring (bicyclic) bond motifs is 1. The number of thiazole rings is 1. The molecule has 0 N–H and O–H groups in total. The Bertz CT molecular complexity index is 2050. The Balaban J connectivity index is 1.55. The van der Waals surface area contributed by atoms with E-state index in [1.54, 1.807) is 32.4 Å². The molecule has 0 bridgehead atoms. The Hall–Kier alpha value is -5.02. The van der Waals surface area contributed by atoms with Gasteiger partial charge in [0.25, 0.3) is 5.56 Å². The van der Waals surface area contributed by atoms with Gasteiger partial charge in [-0.2, -0.15) is 5.10 Å². The quantitative estimate of drug-likeness (QED) is 0.234. The Morgan fingerprint density at radius 2 is 1.68 bits per heavy atom. The average Bonchev–Trinajstić information content (AvgIpc) is 3.57. The van der Waals surface area contributed by atoms with Crippen LogP contribution in [0.3, 0.4) is 0 Å². The number of esters is 1. The van der Waals surface area contributed by atoms with E-state index in [1.807, 2.05) is 103 Å². The van der Waals surface area contributed by atoms with Crippen LogP contribution in [0, 0.1) is 6.92 Å². The van der Waals surface area contributed by atoms with Crippen LogP contribution in [0.1, 0.15) is 43.5 Å². The molecule has 5 aromatic rings. The molecule has 0 fully saturated rings. The maximum atomic E-state index is 14.2. The number of nitrogens with zero attached hydrogens (tertiary/aromatic N) is 4. The van der Waals surface area contributed by atoms with Crippen molar-refractivity contribution in [1.29, 1.82) is 0 Å². The molecule has 44 heavy (non-hydrogen) atoms. The van der Waals surface area contributed by atoms with Gasteiger partial charge in [0.05, 0.1) is 46.4 Å². The number of hydrogen-bond acceptors (Lipinski definition) is 7. The maximum Gasteiger partial charge on any atom is 0.338 e. The smallest absolute Gasteiger partial charge is 0.338 e. The van der Waals surface area contributed by atoms with Gasteiger partial charge < -0.3 is 9.47 Å². The molecule has 222 valence electrons. The van der Waals surface area contributed by atoms with E-state index < -0.39 is 12.0 Å². The molecule has 1 aliphatic heterocycles. The Labute approximate surface area is 258 Å². The van der Waals surface area contributed by atoms with Gasteiger partial charge in [0.2, 0.25) is 0 Å². The Morgan fingerprint density at radius 1 is 0.977 bits per heavy atom. The van der Waals surface area contributed by atoms with Crippen LogP contribution in [0.25, 0.3) is 23.0 Å². The molecular weight excluding hydrogens is 572 g/mol. The van der Waals surface area contributed by atoms with Gasteiger partial charge in [0, 0.05) is 17.3 Å². The van der Waals surface area contributed by atoms with Crippen LogP contribution in [0.5, 0.6) is 5.75 Å². The summed E-state index contributed by atoms with van der Waals surface area (Å²) in [4.78, 5) is 32.9. The molecule has 0 radical (unpaired) electrons. The third-order valence-electron chi connectivity index (χ3n) is 7.39. The van der Waals surface area contributed by atoms with Gasteiger partial charge in [-0.3, -0.25) is 9.36 Å². The minimum absolute atomic E-state index is 0.251. The number of benzene rings is 3. The normalized spacial score (nSPS) is 14.9. The number of para-hydroxylation sites is 1. The molecule has 6 rings (SSSR count). The van der Waals surface area contributed by atoms with Crippen LogP contribution in [0.2, 0.25) is 0 Å². The van der Waals surface area contributed by atoms with E-state index in [4.69, 9.17) is 19.6 Å². The predicted octanol–water partition coefficient (Wildman–Crippen LogP) is 5.36. The zero-order valence-corrected chi connectivity index (χ0v) is 26.0. The summed E-state index contributed by atoms with van der Waals surface area (Å²) in [6.45, 7) is 7.42. The zero-order valence-electron chi connectivity index (χ0n) is 25.1. The summed E-state index contributed by atoms with van der Waals surface area (Å²) in [7, 11) is 1.60. The van der Waals surface area contributed by atoms with Crippen molar-refractivity contribution in [3.8, 4) is 22.7 Å². The van der Waals surface area contributed by atoms with Crippen molar-refractivity contribution in [1.82, 2.24) is 14.3 Å². The maximum absolute atomic E-state index is 14.2. The standard InChI is InChI=1S/C35H32N4O4S/c1-21(2)43-34(41)30-23(4)36-35-39(32(30)25-15-17-28(42-5)18-16-25)33(40)29(44-35)19-26-20-38(27-9-7-6-8-10-27)37-31(26)24-13-11-22(3)12-14-24/h6-21,32H,1-5H3/b29-19+/t32-/m1/s1. The third-order valence-corrected chi connectivity index (χ3v) is 8.37. The van der Waals surface area contributed by atoms with Crippen molar-refractivity contribution in [3.63, 3.8) is 0 Å². The van der Waals surface area contributed by atoms with E-state index in [2.05, 4.69) is 0 Å². The summed E-state index contributed by atoms with van der Waals surface area (Å²) in [6.07, 6.45) is 3.47. The second kappa shape index (κ2) is 11.9. The van der Waals surface area contributed by atoms with Crippen LogP contribution in [-0.4, -0.2) is 33.5 Å². The van der Waals surface area contributed by atoms with Crippen molar-refractivity contribution in [2.75, 3.05) is 7.11 Å². The number of aryl methyl sites for hydroxylation is 1. The van der Waals surface area contributed by atoms with Gasteiger partial charge in [-0.05, 0) is 63.6 Å². The molecule has 0 aliphatic carbocycles. The second-order valence-electron chi connectivity index (χ2n) is 10.9. The fourth-order valence-electron chi connectivity index (χ4n) is 5.24. The number of allylic oxidation sites excluding steroid dienone is 1. The van der Waals surface area contributed by atoms with E-state index in [0.717, 1.165) is 33.6 Å². The average molecular weight is 605 g/mol. The molecule has 9 heteroatoms. The van der Waals surface area contributed by atoms with Gasteiger partial charge in [-0.25, -0.2) is 14.5 Å². The van der Waals surface area contributed by atoms with E-state index in [9.17, 15) is 9.59 Å². The third kappa shape index (κ3) is 5.54. The zero-order chi connectivity index (χ0) is 31.0. The molecule has 2 aromatic heterocycles. The van der Waals surface area contributed by atoms with Crippen LogP contribution < -0.4 is 19.6 Å². The lowest BCUT2D eigenvalue weighted by Gasteiger charge is -2.25. The number of carbonyl (C=O) groups is 1. The topological polar surface area (TPSA) is 87.7 Å². The molecule has 3 heterocycles. The lowest BCUT2D eigenvalue weighted by Crippen LogP contribution is -2.40. The highest BCUT2D eigenvalue weighted by atomic mass is 32.1. The molecule has 8 nitrogen and oxygen atoms in total. The molecule has 1 atom stereocenters. The lowest BCUT2D eigenvalue weighted by molar-refractivity contribution is -0.143. The monoisotopic (exact) mass is 604 g/mol. The summed E-state index contributed by atoms with van der Waals surface area (Å²) < 4.78 is 14.9. The molecule has 0 saturated carbocycles. The highest BCUT2D eigenvalue weighted by Crippen LogP contribution is 2.32. The van der Waals surface area contributed by atoms with E-state index >= 15 is 0 Å². The van der Waals surface area contributed by atoms with Crippen molar-refractivity contribution >= 4 is 23.4 Å². The Morgan fingerprint density at radius 3 is 2.34 bits per heavy atom. The molecule has 0 saturated heterocycles. The van der Waals surface area contributed by atoms with Crippen molar-refractivity contribution in [3.05, 3.63) is 133 Å². The highest BCUT2D eigenvalue weighted by Gasteiger charge is 2.34. The van der Waals surface area contributed by atoms with Crippen molar-refractivity contribution in [2.45, 2.75) is 39.8 Å². The van der Waals surface area contributed by atoms with Gasteiger partial charge in [0.1, 0.15) is 5.75 Å². The minimum atomic E-state index is -0.714. The second-order valence-corrected chi connectivity index (χ2v) is 11.9. The fraction of sp³-hybridized carbons (Fsp3) is 0.200. The molecular formula is C35H32N4O4S. The summed E-state index contributed by atoms with van der Waals surface area (Å²) >= 11 is 1.29. The SMILES string of the molecule is COc1ccc([C@@H]2C(C(=O)OC(C)C)=C(C)N=c3s/c(=C/c4cn(-c5ccccc5)nc4-c4ccc(C)cc4)c(=O)n32)cc1. The molecule has 1 aliphatic rings. The first-order valence-electron chi connectivity index (χ1n) is 14.3. The highest BCUT2D eigenvalue weighted by molar-refractivity contribution is 7.07. The number of hydrogen-bond donors (Lipinski definition) is 0. The van der Waals surface area contributed by atoms with Gasteiger partial charge in [-0.1, -0.05) is 71.5 Å². The number of carbonyl (C=O) groups excluding carboxylic acids is 1. The van der Waals surface area contributed by atoms with E-state index in [-0.39, 0.29) is 11.7 Å². The number of ether oxygens (including phenoxy) is 2. The summed E-state index contributed by atoms with van der Waals surface area (Å²) in [5, 5.41) is 4.92. The number of rotatable bonds is 7.